The van der Waals surface area contributed by atoms with Gasteiger partial charge in [-0.1, -0.05) is 42.8 Å². The Morgan fingerprint density at radius 1 is 1.07 bits per heavy atom. The first kappa shape index (κ1) is 33.9. The van der Waals surface area contributed by atoms with Gasteiger partial charge >= 0.3 is 17.6 Å². The molecule has 1 heterocycles. The monoisotopic (exact) mass is 619 g/mol. The highest BCUT2D eigenvalue weighted by molar-refractivity contribution is 5.73. The Hall–Kier alpha value is -4.02. The highest BCUT2D eigenvalue weighted by Crippen LogP contribution is 2.60. The van der Waals surface area contributed by atoms with Gasteiger partial charge in [-0.15, -0.1) is 0 Å². The molecule has 242 valence electrons. The third-order valence-electron chi connectivity index (χ3n) is 9.81. The van der Waals surface area contributed by atoms with Crippen molar-refractivity contribution in [2.75, 3.05) is 0 Å². The van der Waals surface area contributed by atoms with Gasteiger partial charge in [-0.05, 0) is 111 Å². The molecule has 10 nitrogen and oxygen atoms in total. The number of carbonyl (C=O) groups is 2. The number of H-pyrrole nitrogens is 2. The Bertz CT molecular complexity index is 1610. The average Bonchev–Trinajstić information content (AvgIpc) is 3.30. The van der Waals surface area contributed by atoms with Crippen molar-refractivity contribution in [1.82, 2.24) is 9.97 Å². The summed E-state index contributed by atoms with van der Waals surface area (Å²) in [5, 5.41) is 19.0. The van der Waals surface area contributed by atoms with Crippen molar-refractivity contribution in [1.29, 1.82) is 0 Å². The maximum absolute atomic E-state index is 11.2. The third kappa shape index (κ3) is 8.18. The molecule has 6 rings (SSSR count). The van der Waals surface area contributed by atoms with Gasteiger partial charge < -0.3 is 25.7 Å². The zero-order chi connectivity index (χ0) is 32.9. The molecule has 6 atom stereocenters. The lowest BCUT2D eigenvalue weighted by atomic mass is 9.55. The lowest BCUT2D eigenvalue weighted by molar-refractivity contribution is -0.138. The minimum absolute atomic E-state index is 0.110. The lowest BCUT2D eigenvalue weighted by Gasteiger charge is -2.50. The van der Waals surface area contributed by atoms with Crippen molar-refractivity contribution in [3.63, 3.8) is 0 Å². The average molecular weight is 620 g/mol. The fourth-order valence-corrected chi connectivity index (χ4v) is 7.30. The summed E-state index contributed by atoms with van der Waals surface area (Å²) in [6, 6.07) is 13.1. The zero-order valence-electron chi connectivity index (χ0n) is 26.5. The summed E-state index contributed by atoms with van der Waals surface area (Å²) in [7, 11) is 0. The highest BCUT2D eigenvalue weighted by Gasteiger charge is 2.54. The number of rotatable bonds is 4. The van der Waals surface area contributed by atoms with E-state index in [0.717, 1.165) is 30.4 Å². The number of aliphatic hydroxyl groups is 1. The Morgan fingerprint density at radius 3 is 2.40 bits per heavy atom. The Labute approximate surface area is 263 Å². The number of aliphatic hydroxyl groups excluding tert-OH is 1. The van der Waals surface area contributed by atoms with E-state index in [0.29, 0.717) is 35.5 Å². The van der Waals surface area contributed by atoms with Crippen LogP contribution in [0.5, 0.6) is 5.75 Å². The van der Waals surface area contributed by atoms with Crippen LogP contribution in [-0.2, 0) is 22.4 Å². The van der Waals surface area contributed by atoms with E-state index < -0.39 is 17.7 Å². The number of benzene rings is 2. The van der Waals surface area contributed by atoms with Gasteiger partial charge in [0.05, 0.1) is 6.10 Å². The summed E-state index contributed by atoms with van der Waals surface area (Å²) in [5.74, 6) is 1.45. The molecule has 2 aromatic carbocycles. The number of nitrogens with two attached hydrogens (primary N) is 1. The van der Waals surface area contributed by atoms with Crippen LogP contribution in [0.3, 0.4) is 0 Å². The van der Waals surface area contributed by atoms with E-state index in [1.165, 1.54) is 43.5 Å². The van der Waals surface area contributed by atoms with Crippen LogP contribution >= 0.6 is 0 Å². The van der Waals surface area contributed by atoms with Crippen LogP contribution in [0.2, 0.25) is 0 Å². The number of aliphatic carboxylic acids is 1. The molecule has 1 unspecified atom stereocenters. The number of carboxylic acid groups (broad SMARTS) is 1. The largest absolute Gasteiger partial charge is 0.480 e. The molecule has 6 N–H and O–H groups in total. The van der Waals surface area contributed by atoms with E-state index in [-0.39, 0.29) is 23.0 Å². The molecule has 0 aliphatic heterocycles. The SMILES string of the molecule is CC(=O)Oc1ccc2c(c1)CC[C@H]1C2CC[C@@]2(C)[C@H](O)CC[C@H]12.Cc1c[nH]c(=O)[nH]c1=O.Cc1ccc(C[C@@H](N)C(=O)O)cc1. The predicted octanol–water partition coefficient (Wildman–Crippen LogP) is 4.15. The number of fused-ring (bicyclic) bond motifs is 5. The number of aromatic amines is 2. The molecule has 1 aromatic heterocycles. The van der Waals surface area contributed by atoms with Crippen LogP contribution in [0.15, 0.2) is 58.3 Å². The Kier molecular flexibility index (Phi) is 10.8. The first-order valence-electron chi connectivity index (χ1n) is 15.6. The summed E-state index contributed by atoms with van der Waals surface area (Å²) < 4.78 is 5.24. The number of carbonyl (C=O) groups excluding carboxylic acids is 1. The first-order valence-corrected chi connectivity index (χ1v) is 15.6. The van der Waals surface area contributed by atoms with E-state index in [2.05, 4.69) is 29.0 Å². The van der Waals surface area contributed by atoms with Gasteiger partial charge in [0.25, 0.3) is 5.56 Å². The Balaban J connectivity index is 0.000000176. The van der Waals surface area contributed by atoms with Crippen molar-refractivity contribution < 1.29 is 24.5 Å². The molecule has 0 saturated heterocycles. The molecule has 0 amide bonds. The molecule has 45 heavy (non-hydrogen) atoms. The van der Waals surface area contributed by atoms with Crippen molar-refractivity contribution in [3.8, 4) is 5.75 Å². The van der Waals surface area contributed by atoms with Gasteiger partial charge in [-0.2, -0.15) is 0 Å². The van der Waals surface area contributed by atoms with E-state index in [4.69, 9.17) is 15.6 Å². The van der Waals surface area contributed by atoms with Crippen LogP contribution in [-0.4, -0.2) is 44.3 Å². The maximum atomic E-state index is 11.2. The van der Waals surface area contributed by atoms with Gasteiger partial charge in [0, 0.05) is 18.7 Å². The summed E-state index contributed by atoms with van der Waals surface area (Å²) in [6.07, 6.45) is 8.38. The van der Waals surface area contributed by atoms with Crippen LogP contribution in [0.1, 0.15) is 79.7 Å². The highest BCUT2D eigenvalue weighted by atomic mass is 16.5. The van der Waals surface area contributed by atoms with Gasteiger partial charge in [0.1, 0.15) is 11.8 Å². The maximum Gasteiger partial charge on any atom is 0.325 e. The van der Waals surface area contributed by atoms with Gasteiger partial charge in [-0.3, -0.25) is 19.4 Å². The number of hydrogen-bond acceptors (Lipinski definition) is 7. The van der Waals surface area contributed by atoms with E-state index in [1.54, 1.807) is 6.92 Å². The van der Waals surface area contributed by atoms with Crippen molar-refractivity contribution in [2.45, 2.75) is 90.7 Å². The zero-order valence-corrected chi connectivity index (χ0v) is 26.5. The summed E-state index contributed by atoms with van der Waals surface area (Å²) in [5.41, 5.74) is 10.2. The molecule has 2 fully saturated rings. The second kappa shape index (κ2) is 14.4. The molecule has 2 saturated carbocycles. The summed E-state index contributed by atoms with van der Waals surface area (Å²) in [6.45, 7) is 7.36. The molecule has 10 heteroatoms. The number of hydrogen-bond donors (Lipinski definition) is 5. The fourth-order valence-electron chi connectivity index (χ4n) is 7.30. The third-order valence-corrected chi connectivity index (χ3v) is 9.81. The molecule has 3 aromatic rings. The Morgan fingerprint density at radius 2 is 1.78 bits per heavy atom. The minimum atomic E-state index is -0.958. The van der Waals surface area contributed by atoms with Crippen molar-refractivity contribution in [3.05, 3.63) is 97.3 Å². The number of ether oxygens (including phenoxy) is 1. The van der Waals surface area contributed by atoms with Gasteiger partial charge in [0.15, 0.2) is 0 Å². The van der Waals surface area contributed by atoms with Crippen LogP contribution in [0.25, 0.3) is 0 Å². The number of aromatic nitrogens is 2. The summed E-state index contributed by atoms with van der Waals surface area (Å²) in [4.78, 5) is 46.9. The van der Waals surface area contributed by atoms with E-state index >= 15 is 0 Å². The van der Waals surface area contributed by atoms with Gasteiger partial charge in [-0.25, -0.2) is 4.79 Å². The summed E-state index contributed by atoms with van der Waals surface area (Å²) >= 11 is 0. The molecule has 3 aliphatic rings. The topological polar surface area (TPSA) is 176 Å². The quantitative estimate of drug-likeness (QED) is 0.214. The standard InChI is InChI=1S/C20H26O3.C10H13NO2.C5H6N2O2/c1-12(21)23-14-4-6-15-13(11-14)3-5-17-16(15)9-10-20(2)18(17)7-8-19(20)22;1-7-2-4-8(5-3-7)6-9(11)10(12)13;1-3-2-6-5(9)7-4(3)8/h4,6,11,16-19,22H,3,5,7-10H2,1-2H3;2-5,9H,6,11H2,1H3,(H,12,13);2H,1H3,(H2,6,7,8,9)/t16?,17-,18+,19+,20+;9-;/m01./s1. The predicted molar refractivity (Wildman–Crippen MR) is 171 cm³/mol. The smallest absolute Gasteiger partial charge is 0.325 e. The number of aryl methyl sites for hydroxylation is 3. The number of nitrogens with one attached hydrogen (secondary N) is 2. The van der Waals surface area contributed by atoms with E-state index in [9.17, 15) is 24.3 Å². The van der Waals surface area contributed by atoms with Crippen LogP contribution in [0, 0.1) is 31.1 Å². The first-order chi connectivity index (χ1) is 21.3. The van der Waals surface area contributed by atoms with Crippen LogP contribution in [0.4, 0.5) is 0 Å². The van der Waals surface area contributed by atoms with Crippen LogP contribution < -0.4 is 21.7 Å². The lowest BCUT2D eigenvalue weighted by Crippen LogP contribution is -2.43. The van der Waals surface area contributed by atoms with Crippen molar-refractivity contribution >= 4 is 11.9 Å². The second-order valence-electron chi connectivity index (χ2n) is 12.9. The molecule has 0 spiro atoms. The molecular weight excluding hydrogens is 574 g/mol. The number of carboxylic acids is 1. The molecule has 3 aliphatic carbocycles. The van der Waals surface area contributed by atoms with E-state index in [1.807, 2.05) is 37.3 Å². The normalized spacial score (nSPS) is 25.1. The minimum Gasteiger partial charge on any atom is -0.480 e. The number of esters is 1. The second-order valence-corrected chi connectivity index (χ2v) is 12.9. The molecular formula is C35H45N3O7. The fraction of sp³-hybridized carbons (Fsp3) is 0.486. The van der Waals surface area contributed by atoms with Gasteiger partial charge in [0.2, 0.25) is 0 Å². The molecule has 0 bridgehead atoms. The van der Waals surface area contributed by atoms with Crippen molar-refractivity contribution in [2.24, 2.45) is 23.0 Å². The molecule has 0 radical (unpaired) electrons.